The van der Waals surface area contributed by atoms with Crippen molar-refractivity contribution in [3.63, 3.8) is 0 Å². The Morgan fingerprint density at radius 2 is 2.15 bits per heavy atom. The number of rotatable bonds is 5. The first-order valence-corrected chi connectivity index (χ1v) is 6.85. The number of carbonyl (C=O) groups is 1. The predicted molar refractivity (Wildman–Crippen MR) is 73.2 cm³/mol. The molecule has 0 bridgehead atoms. The summed E-state index contributed by atoms with van der Waals surface area (Å²) in [6.07, 6.45) is 2.00. The van der Waals surface area contributed by atoms with Gasteiger partial charge in [0.25, 0.3) is 0 Å². The Bertz CT molecular complexity index is 470. The summed E-state index contributed by atoms with van der Waals surface area (Å²) in [7, 11) is 1.58. The lowest BCUT2D eigenvalue weighted by Crippen LogP contribution is -2.34. The van der Waals surface area contributed by atoms with Crippen LogP contribution in [0.25, 0.3) is 0 Å². The number of carboxylic acid groups (broad SMARTS) is 1. The molecule has 0 saturated carbocycles. The lowest BCUT2D eigenvalue weighted by Gasteiger charge is -2.31. The largest absolute Gasteiger partial charge is 0.496 e. The van der Waals surface area contributed by atoms with Gasteiger partial charge < -0.3 is 9.84 Å². The van der Waals surface area contributed by atoms with E-state index in [4.69, 9.17) is 9.84 Å². The highest BCUT2D eigenvalue weighted by Crippen LogP contribution is 2.25. The molecule has 0 unspecified atom stereocenters. The summed E-state index contributed by atoms with van der Waals surface area (Å²) in [5, 5.41) is 8.79. The van der Waals surface area contributed by atoms with Gasteiger partial charge in [-0.15, -0.1) is 0 Å². The van der Waals surface area contributed by atoms with Crippen molar-refractivity contribution in [3.8, 4) is 5.75 Å². The van der Waals surface area contributed by atoms with Crippen LogP contribution in [0.15, 0.2) is 18.2 Å². The molecule has 0 radical (unpaired) electrons. The smallest absolute Gasteiger partial charge is 0.303 e. The number of hydrogen-bond acceptors (Lipinski definition) is 3. The van der Waals surface area contributed by atoms with Crippen molar-refractivity contribution in [3.05, 3.63) is 29.6 Å². The second-order valence-electron chi connectivity index (χ2n) is 5.27. The molecule has 0 aromatic heterocycles. The molecule has 1 saturated heterocycles. The fourth-order valence-corrected chi connectivity index (χ4v) is 2.71. The number of methoxy groups -OCH3 is 1. The number of ether oxygens (including phenoxy) is 1. The van der Waals surface area contributed by atoms with Crippen LogP contribution in [0, 0.1) is 11.7 Å². The van der Waals surface area contributed by atoms with Crippen molar-refractivity contribution < 1.29 is 19.0 Å². The summed E-state index contributed by atoms with van der Waals surface area (Å²) >= 11 is 0. The molecule has 0 spiro atoms. The lowest BCUT2D eigenvalue weighted by molar-refractivity contribution is -0.138. The third-order valence-corrected chi connectivity index (χ3v) is 3.81. The third-order valence-electron chi connectivity index (χ3n) is 3.81. The number of aliphatic carboxylic acids is 1. The number of benzene rings is 1. The van der Waals surface area contributed by atoms with Crippen molar-refractivity contribution in [2.45, 2.75) is 25.8 Å². The minimum atomic E-state index is -0.727. The van der Waals surface area contributed by atoms with Crippen molar-refractivity contribution in [2.24, 2.45) is 5.92 Å². The molecule has 1 aromatic rings. The zero-order chi connectivity index (χ0) is 14.5. The van der Waals surface area contributed by atoms with Gasteiger partial charge in [-0.2, -0.15) is 0 Å². The molecule has 0 atom stereocenters. The average molecular weight is 281 g/mol. The van der Waals surface area contributed by atoms with Crippen LogP contribution in [-0.2, 0) is 11.3 Å². The first-order valence-electron chi connectivity index (χ1n) is 6.85. The molecule has 4 nitrogen and oxygen atoms in total. The third kappa shape index (κ3) is 3.93. The van der Waals surface area contributed by atoms with Crippen LogP contribution < -0.4 is 4.74 Å². The maximum atomic E-state index is 13.3. The van der Waals surface area contributed by atoms with E-state index in [2.05, 4.69) is 4.90 Å². The summed E-state index contributed by atoms with van der Waals surface area (Å²) in [5.41, 5.74) is 0.837. The van der Waals surface area contributed by atoms with Crippen LogP contribution in [0.1, 0.15) is 24.8 Å². The molecule has 0 amide bonds. The van der Waals surface area contributed by atoms with E-state index in [9.17, 15) is 9.18 Å². The lowest BCUT2D eigenvalue weighted by atomic mass is 9.93. The van der Waals surface area contributed by atoms with Gasteiger partial charge in [-0.05, 0) is 50.0 Å². The zero-order valence-corrected chi connectivity index (χ0v) is 11.6. The SMILES string of the molecule is COc1ccc(F)cc1CN1CCC(CC(=O)O)CC1. The van der Waals surface area contributed by atoms with E-state index in [1.165, 1.54) is 12.1 Å². The van der Waals surface area contributed by atoms with Gasteiger partial charge in [-0.1, -0.05) is 0 Å². The standard InChI is InChI=1S/C15H20FNO3/c1-20-14-3-2-13(16)9-12(14)10-17-6-4-11(5-7-17)8-15(18)19/h2-3,9,11H,4-8,10H2,1H3,(H,18,19). The van der Waals surface area contributed by atoms with Crippen molar-refractivity contribution in [1.82, 2.24) is 4.90 Å². The minimum absolute atomic E-state index is 0.247. The Morgan fingerprint density at radius 1 is 1.45 bits per heavy atom. The van der Waals surface area contributed by atoms with E-state index in [0.717, 1.165) is 31.5 Å². The van der Waals surface area contributed by atoms with Crippen molar-refractivity contribution in [1.29, 1.82) is 0 Å². The maximum Gasteiger partial charge on any atom is 0.303 e. The second-order valence-corrected chi connectivity index (χ2v) is 5.27. The van der Waals surface area contributed by atoms with Gasteiger partial charge in [0.05, 0.1) is 7.11 Å². The van der Waals surface area contributed by atoms with E-state index in [1.807, 2.05) is 0 Å². The monoisotopic (exact) mass is 281 g/mol. The predicted octanol–water partition coefficient (Wildman–Crippen LogP) is 2.52. The van der Waals surface area contributed by atoms with Crippen LogP contribution in [0.3, 0.4) is 0 Å². The van der Waals surface area contributed by atoms with Crippen LogP contribution in [0.5, 0.6) is 5.75 Å². The molecular formula is C15H20FNO3. The number of likely N-dealkylation sites (tertiary alicyclic amines) is 1. The molecule has 110 valence electrons. The minimum Gasteiger partial charge on any atom is -0.496 e. The highest BCUT2D eigenvalue weighted by Gasteiger charge is 2.22. The van der Waals surface area contributed by atoms with E-state index >= 15 is 0 Å². The maximum absolute atomic E-state index is 13.3. The quantitative estimate of drug-likeness (QED) is 0.901. The Balaban J connectivity index is 1.92. The summed E-state index contributed by atoms with van der Waals surface area (Å²) in [4.78, 5) is 12.9. The highest BCUT2D eigenvalue weighted by molar-refractivity contribution is 5.67. The van der Waals surface area contributed by atoms with E-state index < -0.39 is 5.97 Å². The number of carboxylic acids is 1. The fraction of sp³-hybridized carbons (Fsp3) is 0.533. The molecule has 1 heterocycles. The Labute approximate surface area is 118 Å². The van der Waals surface area contributed by atoms with Crippen LogP contribution in [0.2, 0.25) is 0 Å². The summed E-state index contributed by atoms with van der Waals surface area (Å²) in [6, 6.07) is 4.53. The molecular weight excluding hydrogens is 261 g/mol. The molecule has 1 aromatic carbocycles. The molecule has 0 aliphatic carbocycles. The summed E-state index contributed by atoms with van der Waals surface area (Å²) < 4.78 is 18.5. The molecule has 1 aliphatic heterocycles. The Morgan fingerprint density at radius 3 is 2.75 bits per heavy atom. The normalized spacial score (nSPS) is 17.1. The average Bonchev–Trinajstić information content (AvgIpc) is 2.41. The molecule has 5 heteroatoms. The molecule has 1 fully saturated rings. The van der Waals surface area contributed by atoms with Crippen LogP contribution in [0.4, 0.5) is 4.39 Å². The van der Waals surface area contributed by atoms with E-state index in [0.29, 0.717) is 12.3 Å². The summed E-state index contributed by atoms with van der Waals surface area (Å²) in [6.45, 7) is 2.33. The van der Waals surface area contributed by atoms with Crippen LogP contribution in [-0.4, -0.2) is 36.2 Å². The second kappa shape index (κ2) is 6.70. The van der Waals surface area contributed by atoms with Crippen molar-refractivity contribution >= 4 is 5.97 Å². The van der Waals surface area contributed by atoms with Crippen molar-refractivity contribution in [2.75, 3.05) is 20.2 Å². The number of hydrogen-bond donors (Lipinski definition) is 1. The molecule has 20 heavy (non-hydrogen) atoms. The summed E-state index contributed by atoms with van der Waals surface area (Å²) in [5.74, 6) is -0.0333. The van der Waals surface area contributed by atoms with Gasteiger partial charge in [0.2, 0.25) is 0 Å². The van der Waals surface area contributed by atoms with E-state index in [1.54, 1.807) is 13.2 Å². The molecule has 1 N–H and O–H groups in total. The number of nitrogens with zero attached hydrogens (tertiary/aromatic N) is 1. The first kappa shape index (κ1) is 14.8. The highest BCUT2D eigenvalue weighted by atomic mass is 19.1. The molecule has 2 rings (SSSR count). The Kier molecular flexibility index (Phi) is 4.95. The van der Waals surface area contributed by atoms with Gasteiger partial charge in [-0.25, -0.2) is 4.39 Å². The van der Waals surface area contributed by atoms with Gasteiger partial charge in [0, 0.05) is 18.5 Å². The first-order chi connectivity index (χ1) is 9.58. The Hall–Kier alpha value is -1.62. The zero-order valence-electron chi connectivity index (χ0n) is 11.6. The van der Waals surface area contributed by atoms with Gasteiger partial charge in [-0.3, -0.25) is 9.69 Å². The van der Waals surface area contributed by atoms with Gasteiger partial charge >= 0.3 is 5.97 Å². The fourth-order valence-electron chi connectivity index (χ4n) is 2.71. The molecule has 1 aliphatic rings. The number of halogens is 1. The van der Waals surface area contributed by atoms with E-state index in [-0.39, 0.29) is 18.2 Å². The van der Waals surface area contributed by atoms with Gasteiger partial charge in [0.15, 0.2) is 0 Å². The van der Waals surface area contributed by atoms with Crippen LogP contribution >= 0.6 is 0 Å². The number of piperidine rings is 1. The topological polar surface area (TPSA) is 49.8 Å². The van der Waals surface area contributed by atoms with Gasteiger partial charge in [0.1, 0.15) is 11.6 Å².